The number of allylic oxidation sites excluding steroid dienone is 3. The van der Waals surface area contributed by atoms with Gasteiger partial charge in [-0.1, -0.05) is 308 Å². The molecule has 0 aliphatic carbocycles. The minimum atomic E-state index is -1.57. The van der Waals surface area contributed by atoms with Gasteiger partial charge in [0.15, 0.2) is 6.29 Å². The number of amides is 1. The highest BCUT2D eigenvalue weighted by molar-refractivity contribution is 5.76. The normalized spacial score (nSPS) is 18.3. The summed E-state index contributed by atoms with van der Waals surface area (Å²) < 4.78 is 16.7. The van der Waals surface area contributed by atoms with Gasteiger partial charge in [0.1, 0.15) is 24.4 Å². The molecule has 0 aromatic carbocycles. The molecule has 7 atom stereocenters. The van der Waals surface area contributed by atoms with E-state index in [4.69, 9.17) is 14.2 Å². The zero-order valence-corrected chi connectivity index (χ0v) is 53.7. The molecule has 1 saturated heterocycles. The van der Waals surface area contributed by atoms with Crippen molar-refractivity contribution in [2.75, 3.05) is 19.8 Å². The average Bonchev–Trinajstić information content (AvgIpc) is 3.68. The summed E-state index contributed by atoms with van der Waals surface area (Å²) in [6.45, 7) is 4.38. The number of aliphatic hydroxyl groups excluding tert-OH is 5. The van der Waals surface area contributed by atoms with Crippen LogP contribution in [0, 0.1) is 0 Å². The minimum absolute atomic E-state index is 0.00806. The number of nitrogens with one attached hydrogen (secondary N) is 1. The molecular formula is C71H135NO10. The topological polar surface area (TPSA) is 175 Å². The molecule has 6 N–H and O–H groups in total. The molecular weight excluding hydrogens is 1030 g/mol. The number of rotatable bonds is 63. The van der Waals surface area contributed by atoms with Gasteiger partial charge in [-0.25, -0.2) is 0 Å². The van der Waals surface area contributed by atoms with Gasteiger partial charge in [0, 0.05) is 12.8 Å². The summed E-state index contributed by atoms with van der Waals surface area (Å²) in [4.78, 5) is 25.1. The lowest BCUT2D eigenvalue weighted by atomic mass is 9.99. The molecule has 1 heterocycles. The molecule has 0 bridgehead atoms. The standard InChI is InChI=1S/C71H135NO10/c1-3-5-7-9-11-13-15-16-34-38-41-45-49-53-57-64(74)63(62-81-71-70(79)69(78)68(77)65(61-73)82-71)72-66(75)58-54-50-46-42-39-35-32-30-28-26-24-22-20-18-17-19-21-23-25-27-29-31-33-36-40-44-48-52-56-60-80-67(76)59-55-51-47-43-37-14-12-10-8-6-4-2/h17,19,53,57,63-65,68-71,73-74,77-79H,3-16,18,20-52,54-56,58-62H2,1-2H3,(H,72,75)/b19-17-,57-53+. The molecule has 11 heteroatoms. The molecule has 0 aromatic rings. The van der Waals surface area contributed by atoms with Crippen molar-refractivity contribution in [3.8, 4) is 0 Å². The fraction of sp³-hybridized carbons (Fsp3) is 0.915. The van der Waals surface area contributed by atoms with Crippen molar-refractivity contribution in [2.24, 2.45) is 0 Å². The van der Waals surface area contributed by atoms with E-state index >= 15 is 0 Å². The molecule has 0 spiro atoms. The number of unbranched alkanes of at least 4 members (excludes halogenated alkanes) is 47. The van der Waals surface area contributed by atoms with Crippen molar-refractivity contribution in [1.82, 2.24) is 5.32 Å². The first-order valence-electron chi connectivity index (χ1n) is 35.6. The Balaban J connectivity index is 1.99. The van der Waals surface area contributed by atoms with Crippen LogP contribution in [0.2, 0.25) is 0 Å². The summed E-state index contributed by atoms with van der Waals surface area (Å²) in [5, 5.41) is 54.5. The first kappa shape index (κ1) is 78.2. The molecule has 1 amide bonds. The average molecular weight is 1160 g/mol. The number of ether oxygens (including phenoxy) is 3. The van der Waals surface area contributed by atoms with Gasteiger partial charge in [-0.3, -0.25) is 9.59 Å². The van der Waals surface area contributed by atoms with E-state index in [2.05, 4.69) is 31.3 Å². The van der Waals surface area contributed by atoms with Crippen molar-refractivity contribution in [2.45, 2.75) is 397 Å². The van der Waals surface area contributed by atoms with Crippen LogP contribution in [0.4, 0.5) is 0 Å². The number of hydrogen-bond acceptors (Lipinski definition) is 10. The maximum absolute atomic E-state index is 13.1. The number of aliphatic hydroxyl groups is 5. The Bertz CT molecular complexity index is 1410. The lowest BCUT2D eigenvalue weighted by Gasteiger charge is -2.40. The molecule has 1 aliphatic rings. The predicted molar refractivity (Wildman–Crippen MR) is 343 cm³/mol. The van der Waals surface area contributed by atoms with Crippen LogP contribution in [0.25, 0.3) is 0 Å². The Morgan fingerprint density at radius 1 is 0.439 bits per heavy atom. The van der Waals surface area contributed by atoms with Gasteiger partial charge < -0.3 is 45.1 Å². The van der Waals surface area contributed by atoms with Gasteiger partial charge >= 0.3 is 5.97 Å². The third-order valence-electron chi connectivity index (χ3n) is 17.1. The third kappa shape index (κ3) is 49.3. The van der Waals surface area contributed by atoms with E-state index in [0.717, 1.165) is 57.8 Å². The summed E-state index contributed by atoms with van der Waals surface area (Å²) in [5.74, 6) is -0.170. The van der Waals surface area contributed by atoms with E-state index in [0.29, 0.717) is 19.4 Å². The molecule has 82 heavy (non-hydrogen) atoms. The SMILES string of the molecule is CCCCCCCCCCCCCC/C=C/C(O)C(COC1OC(CO)C(O)C(O)C1O)NC(=O)CCCCCCCCCCCCCCC/C=C\CCCCCCCCCCCCCCOC(=O)CCCCCCCCCCCCC. The van der Waals surface area contributed by atoms with Crippen molar-refractivity contribution in [1.29, 1.82) is 0 Å². The van der Waals surface area contributed by atoms with E-state index in [-0.39, 0.29) is 18.5 Å². The summed E-state index contributed by atoms with van der Waals surface area (Å²) in [7, 11) is 0. The molecule has 11 nitrogen and oxygen atoms in total. The highest BCUT2D eigenvalue weighted by atomic mass is 16.7. The van der Waals surface area contributed by atoms with Gasteiger partial charge in [-0.2, -0.15) is 0 Å². The van der Waals surface area contributed by atoms with E-state index in [1.54, 1.807) is 6.08 Å². The smallest absolute Gasteiger partial charge is 0.305 e. The summed E-state index contributed by atoms with van der Waals surface area (Å²) in [6.07, 6.45) is 65.9. The van der Waals surface area contributed by atoms with E-state index in [9.17, 15) is 35.1 Å². The second kappa shape index (κ2) is 60.8. The van der Waals surface area contributed by atoms with Gasteiger partial charge in [0.2, 0.25) is 5.91 Å². The van der Waals surface area contributed by atoms with Crippen LogP contribution in [0.3, 0.4) is 0 Å². The number of esters is 1. The Morgan fingerprint density at radius 3 is 1.17 bits per heavy atom. The van der Waals surface area contributed by atoms with Crippen molar-refractivity contribution in [3.05, 3.63) is 24.3 Å². The molecule has 0 radical (unpaired) electrons. The van der Waals surface area contributed by atoms with Crippen molar-refractivity contribution in [3.63, 3.8) is 0 Å². The minimum Gasteiger partial charge on any atom is -0.466 e. The molecule has 0 saturated carbocycles. The lowest BCUT2D eigenvalue weighted by Crippen LogP contribution is -2.60. The molecule has 1 fully saturated rings. The molecule has 7 unspecified atom stereocenters. The van der Waals surface area contributed by atoms with Crippen LogP contribution in [0.1, 0.15) is 354 Å². The van der Waals surface area contributed by atoms with E-state index < -0.39 is 49.5 Å². The fourth-order valence-electron chi connectivity index (χ4n) is 11.4. The molecule has 0 aromatic heterocycles. The van der Waals surface area contributed by atoms with Gasteiger partial charge in [0.25, 0.3) is 0 Å². The Kier molecular flexibility index (Phi) is 58.0. The summed E-state index contributed by atoms with van der Waals surface area (Å²) in [6, 6.07) is -0.809. The van der Waals surface area contributed by atoms with Crippen LogP contribution in [0.5, 0.6) is 0 Å². The van der Waals surface area contributed by atoms with Gasteiger partial charge in [-0.15, -0.1) is 0 Å². The quantitative estimate of drug-likeness (QED) is 0.0195. The first-order chi connectivity index (χ1) is 40.2. The lowest BCUT2D eigenvalue weighted by molar-refractivity contribution is -0.302. The van der Waals surface area contributed by atoms with Gasteiger partial charge in [0.05, 0.1) is 32.0 Å². The van der Waals surface area contributed by atoms with Gasteiger partial charge in [-0.05, 0) is 57.8 Å². The summed E-state index contributed by atoms with van der Waals surface area (Å²) >= 11 is 0. The highest BCUT2D eigenvalue weighted by Gasteiger charge is 2.44. The van der Waals surface area contributed by atoms with E-state index in [1.807, 2.05) is 6.08 Å². The molecule has 484 valence electrons. The van der Waals surface area contributed by atoms with Crippen LogP contribution in [-0.4, -0.2) is 100 Å². The second-order valence-electron chi connectivity index (χ2n) is 24.9. The zero-order valence-electron chi connectivity index (χ0n) is 53.7. The third-order valence-corrected chi connectivity index (χ3v) is 17.1. The Morgan fingerprint density at radius 2 is 0.780 bits per heavy atom. The molecule has 1 aliphatic heterocycles. The zero-order chi connectivity index (χ0) is 59.5. The predicted octanol–water partition coefficient (Wildman–Crippen LogP) is 18.0. The van der Waals surface area contributed by atoms with Crippen molar-refractivity contribution >= 4 is 11.9 Å². The van der Waals surface area contributed by atoms with Crippen molar-refractivity contribution < 1.29 is 49.3 Å². The van der Waals surface area contributed by atoms with E-state index in [1.165, 1.54) is 270 Å². The number of carbonyl (C=O) groups is 2. The largest absolute Gasteiger partial charge is 0.466 e. The summed E-state index contributed by atoms with van der Waals surface area (Å²) in [5.41, 5.74) is 0. The molecule has 1 rings (SSSR count). The fourth-order valence-corrected chi connectivity index (χ4v) is 11.4. The maximum Gasteiger partial charge on any atom is 0.305 e. The number of hydrogen-bond donors (Lipinski definition) is 6. The van der Waals surface area contributed by atoms with Crippen LogP contribution < -0.4 is 5.32 Å². The number of carbonyl (C=O) groups excluding carboxylic acids is 2. The Hall–Kier alpha value is -1.86. The maximum atomic E-state index is 13.1. The van der Waals surface area contributed by atoms with Crippen LogP contribution in [-0.2, 0) is 23.8 Å². The van der Waals surface area contributed by atoms with Crippen LogP contribution >= 0.6 is 0 Å². The monoisotopic (exact) mass is 1160 g/mol. The van der Waals surface area contributed by atoms with Crippen LogP contribution in [0.15, 0.2) is 24.3 Å². The highest BCUT2D eigenvalue weighted by Crippen LogP contribution is 2.23. The second-order valence-corrected chi connectivity index (χ2v) is 24.9. The first-order valence-corrected chi connectivity index (χ1v) is 35.6. The Labute approximate surface area is 505 Å².